The molecule has 0 aromatic heterocycles. The van der Waals surface area contributed by atoms with Crippen LogP contribution >= 0.6 is 12.4 Å². The lowest BCUT2D eigenvalue weighted by Crippen LogP contribution is -2.35. The molecule has 0 saturated heterocycles. The van der Waals surface area contributed by atoms with Crippen molar-refractivity contribution in [1.82, 2.24) is 5.32 Å². The Labute approximate surface area is 102 Å². The van der Waals surface area contributed by atoms with Gasteiger partial charge < -0.3 is 15.8 Å². The number of rotatable bonds is 4. The number of amides is 1. The highest BCUT2D eigenvalue weighted by Crippen LogP contribution is 2.10. The Morgan fingerprint density at radius 2 is 2.12 bits per heavy atom. The third-order valence-electron chi connectivity index (χ3n) is 2.00. The zero-order valence-electron chi connectivity index (χ0n) is 9.40. The number of hydrogen-bond donors (Lipinski definition) is 2. The standard InChI is InChI=1S/C11H16N2O2.ClH/c1-8(7-15-2)13-11(14)9-5-3-4-6-10(9)12;/h3-6,8H,7,12H2,1-2H3,(H,13,14);1H/t8-;/m1./s1. The van der Waals surface area contributed by atoms with Crippen molar-refractivity contribution in [3.05, 3.63) is 29.8 Å². The van der Waals surface area contributed by atoms with Crippen molar-refractivity contribution < 1.29 is 9.53 Å². The SMILES string of the molecule is COC[C@@H](C)NC(=O)c1ccccc1N.Cl. The smallest absolute Gasteiger partial charge is 0.253 e. The Morgan fingerprint density at radius 1 is 1.50 bits per heavy atom. The van der Waals surface area contributed by atoms with Crippen molar-refractivity contribution in [2.45, 2.75) is 13.0 Å². The number of nitrogen functional groups attached to an aromatic ring is 1. The quantitative estimate of drug-likeness (QED) is 0.788. The molecule has 16 heavy (non-hydrogen) atoms. The molecule has 0 fully saturated rings. The topological polar surface area (TPSA) is 64.3 Å². The molecule has 1 rings (SSSR count). The monoisotopic (exact) mass is 244 g/mol. The van der Waals surface area contributed by atoms with Gasteiger partial charge in [-0.05, 0) is 19.1 Å². The first-order valence-corrected chi connectivity index (χ1v) is 4.79. The Bertz CT molecular complexity index is 345. The summed E-state index contributed by atoms with van der Waals surface area (Å²) >= 11 is 0. The molecular weight excluding hydrogens is 228 g/mol. The minimum Gasteiger partial charge on any atom is -0.398 e. The largest absolute Gasteiger partial charge is 0.398 e. The average molecular weight is 245 g/mol. The first-order chi connectivity index (χ1) is 7.15. The van der Waals surface area contributed by atoms with Crippen molar-refractivity contribution in [2.24, 2.45) is 0 Å². The number of hydrogen-bond acceptors (Lipinski definition) is 3. The van der Waals surface area contributed by atoms with Crippen LogP contribution in [0.3, 0.4) is 0 Å². The average Bonchev–Trinajstić information content (AvgIpc) is 2.18. The summed E-state index contributed by atoms with van der Waals surface area (Å²) in [4.78, 5) is 11.7. The van der Waals surface area contributed by atoms with Crippen LogP contribution in [0.15, 0.2) is 24.3 Å². The summed E-state index contributed by atoms with van der Waals surface area (Å²) in [5.74, 6) is -0.169. The summed E-state index contributed by atoms with van der Waals surface area (Å²) in [5, 5.41) is 2.79. The second-order valence-electron chi connectivity index (χ2n) is 3.42. The van der Waals surface area contributed by atoms with Gasteiger partial charge in [0.2, 0.25) is 0 Å². The summed E-state index contributed by atoms with van der Waals surface area (Å²) in [6.45, 7) is 2.36. The zero-order valence-corrected chi connectivity index (χ0v) is 10.2. The van der Waals surface area contributed by atoms with Gasteiger partial charge in [-0.15, -0.1) is 12.4 Å². The summed E-state index contributed by atoms with van der Waals surface area (Å²) in [5.41, 5.74) is 6.67. The van der Waals surface area contributed by atoms with E-state index in [-0.39, 0.29) is 24.4 Å². The minimum absolute atomic E-state index is 0. The van der Waals surface area contributed by atoms with E-state index in [2.05, 4.69) is 5.32 Å². The number of methoxy groups -OCH3 is 1. The van der Waals surface area contributed by atoms with Crippen LogP contribution in [0.4, 0.5) is 5.69 Å². The van der Waals surface area contributed by atoms with E-state index in [0.29, 0.717) is 17.9 Å². The first-order valence-electron chi connectivity index (χ1n) is 4.79. The molecule has 0 bridgehead atoms. The van der Waals surface area contributed by atoms with Crippen LogP contribution in [0.2, 0.25) is 0 Å². The van der Waals surface area contributed by atoms with Crippen LogP contribution in [0.1, 0.15) is 17.3 Å². The molecule has 1 aromatic carbocycles. The molecule has 0 heterocycles. The molecule has 0 aliphatic heterocycles. The predicted molar refractivity (Wildman–Crippen MR) is 66.9 cm³/mol. The number of benzene rings is 1. The van der Waals surface area contributed by atoms with E-state index in [4.69, 9.17) is 10.5 Å². The van der Waals surface area contributed by atoms with Crippen LogP contribution in [0, 0.1) is 0 Å². The third-order valence-corrected chi connectivity index (χ3v) is 2.00. The number of carbonyl (C=O) groups is 1. The lowest BCUT2D eigenvalue weighted by molar-refractivity contribution is 0.0906. The van der Waals surface area contributed by atoms with Gasteiger partial charge in [0.25, 0.3) is 5.91 Å². The normalized spacial score (nSPS) is 11.4. The number of halogens is 1. The Balaban J connectivity index is 0.00000225. The van der Waals surface area contributed by atoms with Gasteiger partial charge in [0.15, 0.2) is 0 Å². The highest BCUT2D eigenvalue weighted by Gasteiger charge is 2.11. The van der Waals surface area contributed by atoms with Crippen molar-refractivity contribution in [3.8, 4) is 0 Å². The maximum Gasteiger partial charge on any atom is 0.253 e. The molecule has 4 nitrogen and oxygen atoms in total. The molecule has 0 spiro atoms. The van der Waals surface area contributed by atoms with Gasteiger partial charge in [0, 0.05) is 18.8 Å². The lowest BCUT2D eigenvalue weighted by atomic mass is 10.1. The van der Waals surface area contributed by atoms with Crippen molar-refractivity contribution >= 4 is 24.0 Å². The molecule has 0 aliphatic carbocycles. The molecule has 90 valence electrons. The molecule has 3 N–H and O–H groups in total. The van der Waals surface area contributed by atoms with Crippen LogP contribution in [0.5, 0.6) is 0 Å². The predicted octanol–water partition coefficient (Wildman–Crippen LogP) is 1.46. The van der Waals surface area contributed by atoms with Gasteiger partial charge in [-0.3, -0.25) is 4.79 Å². The Morgan fingerprint density at radius 3 is 2.69 bits per heavy atom. The van der Waals surface area contributed by atoms with Crippen molar-refractivity contribution in [1.29, 1.82) is 0 Å². The first kappa shape index (κ1) is 14.7. The van der Waals surface area contributed by atoms with Crippen LogP contribution in [-0.4, -0.2) is 25.7 Å². The number of carbonyl (C=O) groups excluding carboxylic acids is 1. The fourth-order valence-electron chi connectivity index (χ4n) is 1.30. The number of anilines is 1. The van der Waals surface area contributed by atoms with Gasteiger partial charge in [-0.1, -0.05) is 12.1 Å². The van der Waals surface area contributed by atoms with Gasteiger partial charge in [0.05, 0.1) is 12.2 Å². The summed E-state index contributed by atoms with van der Waals surface area (Å²) < 4.78 is 4.92. The highest BCUT2D eigenvalue weighted by molar-refractivity contribution is 5.99. The van der Waals surface area contributed by atoms with E-state index >= 15 is 0 Å². The van der Waals surface area contributed by atoms with Crippen LogP contribution < -0.4 is 11.1 Å². The van der Waals surface area contributed by atoms with E-state index in [1.807, 2.05) is 6.92 Å². The summed E-state index contributed by atoms with van der Waals surface area (Å²) in [6.07, 6.45) is 0. The van der Waals surface area contributed by atoms with Gasteiger partial charge in [-0.2, -0.15) is 0 Å². The maximum absolute atomic E-state index is 11.7. The molecule has 1 aromatic rings. The molecule has 0 saturated carbocycles. The van der Waals surface area contributed by atoms with Crippen LogP contribution in [-0.2, 0) is 4.74 Å². The fourth-order valence-corrected chi connectivity index (χ4v) is 1.30. The molecule has 5 heteroatoms. The highest BCUT2D eigenvalue weighted by atomic mass is 35.5. The number of nitrogens with two attached hydrogens (primary N) is 1. The number of ether oxygens (including phenoxy) is 1. The Kier molecular flexibility index (Phi) is 6.53. The van der Waals surface area contributed by atoms with E-state index in [9.17, 15) is 4.79 Å². The fraction of sp³-hybridized carbons (Fsp3) is 0.364. The molecule has 1 atom stereocenters. The third kappa shape index (κ3) is 4.08. The maximum atomic E-state index is 11.7. The molecule has 1 amide bonds. The molecule has 0 aliphatic rings. The number of para-hydroxylation sites is 1. The van der Waals surface area contributed by atoms with Crippen molar-refractivity contribution in [2.75, 3.05) is 19.5 Å². The van der Waals surface area contributed by atoms with Gasteiger partial charge >= 0.3 is 0 Å². The van der Waals surface area contributed by atoms with Gasteiger partial charge in [-0.25, -0.2) is 0 Å². The minimum atomic E-state index is -0.169. The van der Waals surface area contributed by atoms with Crippen LogP contribution in [0.25, 0.3) is 0 Å². The summed E-state index contributed by atoms with van der Waals surface area (Å²) in [7, 11) is 1.60. The van der Waals surface area contributed by atoms with E-state index in [1.54, 1.807) is 31.4 Å². The van der Waals surface area contributed by atoms with Gasteiger partial charge in [0.1, 0.15) is 0 Å². The molecule has 0 unspecified atom stereocenters. The van der Waals surface area contributed by atoms with E-state index in [1.165, 1.54) is 0 Å². The van der Waals surface area contributed by atoms with E-state index < -0.39 is 0 Å². The lowest BCUT2D eigenvalue weighted by Gasteiger charge is -2.13. The zero-order chi connectivity index (χ0) is 11.3. The molecule has 0 radical (unpaired) electrons. The second-order valence-corrected chi connectivity index (χ2v) is 3.42. The van der Waals surface area contributed by atoms with Crippen molar-refractivity contribution in [3.63, 3.8) is 0 Å². The second kappa shape index (κ2) is 7.09. The van der Waals surface area contributed by atoms with E-state index in [0.717, 1.165) is 0 Å². The number of nitrogens with one attached hydrogen (secondary N) is 1. The Hall–Kier alpha value is -1.26. The summed E-state index contributed by atoms with van der Waals surface area (Å²) in [6, 6.07) is 6.96. The molecular formula is C11H17ClN2O2.